The first kappa shape index (κ1) is 93.7. The van der Waals surface area contributed by atoms with Crippen molar-refractivity contribution in [2.45, 2.75) is 0 Å². The topological polar surface area (TPSA) is 19.4 Å². The molecule has 0 radical (unpaired) electrons. The van der Waals surface area contributed by atoms with Crippen molar-refractivity contribution in [1.29, 1.82) is 0 Å². The van der Waals surface area contributed by atoms with Gasteiger partial charge in [0, 0.05) is 102 Å². The molecule has 0 aliphatic carbocycles. The summed E-state index contributed by atoms with van der Waals surface area (Å²) < 4.78 is 0. The Labute approximate surface area is 878 Å². The average molecular weight is 1920 g/mol. The van der Waals surface area contributed by atoms with Crippen LogP contribution in [0.15, 0.2) is 643 Å². The van der Waals surface area contributed by atoms with Gasteiger partial charge >= 0.3 is 0 Å². The second-order valence-electron chi connectivity index (χ2n) is 37.2. The number of rotatable bonds is 25. The molecule has 0 fully saturated rings. The van der Waals surface area contributed by atoms with Crippen LogP contribution in [-0.4, -0.2) is 0 Å². The highest BCUT2D eigenvalue weighted by Crippen LogP contribution is 2.48. The zero-order valence-electron chi connectivity index (χ0n) is 82.9. The van der Waals surface area contributed by atoms with Gasteiger partial charge in [-0.15, -0.1) is 0 Å². The zero-order chi connectivity index (χ0) is 100. The lowest BCUT2D eigenvalue weighted by atomic mass is 10.00. The predicted molar refractivity (Wildman–Crippen MR) is 638 cm³/mol. The smallest absolute Gasteiger partial charge is 0.0540 e. The van der Waals surface area contributed by atoms with Crippen molar-refractivity contribution in [1.82, 2.24) is 0 Å². The molecular weight excluding hydrogens is 1810 g/mol. The number of hydrogen-bond acceptors (Lipinski definition) is 6. The molecule has 0 saturated carbocycles. The van der Waals surface area contributed by atoms with Crippen molar-refractivity contribution >= 4 is 135 Å². The molecule has 25 aromatic rings. The molecule has 0 bridgehead atoms. The maximum absolute atomic E-state index is 2.35. The summed E-state index contributed by atoms with van der Waals surface area (Å²) in [4.78, 5) is 14.0. The van der Waals surface area contributed by atoms with E-state index in [-0.39, 0.29) is 0 Å². The van der Waals surface area contributed by atoms with Gasteiger partial charge in [-0.3, -0.25) is 0 Å². The lowest BCUT2D eigenvalue weighted by molar-refractivity contribution is 1.26. The minimum atomic E-state index is 1.08. The molecule has 0 aliphatic heterocycles. The van der Waals surface area contributed by atoms with Crippen molar-refractivity contribution in [3.8, 4) is 77.9 Å². The first-order valence-electron chi connectivity index (χ1n) is 51.1. The molecule has 0 unspecified atom stereocenters. The second-order valence-corrected chi connectivity index (χ2v) is 37.2. The van der Waals surface area contributed by atoms with Gasteiger partial charge in [0.25, 0.3) is 0 Å². The fraction of sp³-hybridized carbons (Fsp3) is 0. The van der Waals surface area contributed by atoms with Crippen LogP contribution in [0.4, 0.5) is 102 Å². The Balaban J connectivity index is 0.000000124. The number of nitrogens with zero attached hydrogens (tertiary/aromatic N) is 6. The Kier molecular flexibility index (Phi) is 27.8. The normalized spacial score (nSPS) is 10.9. The van der Waals surface area contributed by atoms with E-state index < -0.39 is 0 Å². The van der Waals surface area contributed by atoms with E-state index in [9.17, 15) is 0 Å². The van der Waals surface area contributed by atoms with E-state index in [1.807, 2.05) is 0 Å². The summed E-state index contributed by atoms with van der Waals surface area (Å²) in [5.41, 5.74) is 36.7. The Hall–Kier alpha value is -19.9. The molecule has 712 valence electrons. The molecule has 0 N–H and O–H groups in total. The minimum absolute atomic E-state index is 1.08. The fourth-order valence-corrected chi connectivity index (χ4v) is 20.2. The first-order valence-corrected chi connectivity index (χ1v) is 51.1. The number of para-hydroxylation sites is 3. The molecular formula is C144H106N6. The van der Waals surface area contributed by atoms with E-state index in [1.54, 1.807) is 0 Å². The Bertz CT molecular complexity index is 8550. The largest absolute Gasteiger partial charge is 0.311 e. The lowest BCUT2D eigenvalue weighted by Crippen LogP contribution is -2.12. The van der Waals surface area contributed by atoms with Crippen molar-refractivity contribution < 1.29 is 0 Å². The standard InChI is InChI=1S/C52H38N2.2C46H34N2/c1-4-13-39(14-5-1)41-23-25-42(26-24-41)44-29-33-48(34-30-44)53(47-31-27-43(28-32-47)40-15-6-2-7-16-40)49-35-37-50(38-36-49)54(46-19-8-3-9-20-46)52-22-12-18-45-17-10-11-21-51(45)52;1-4-13-35(14-5-1)37-23-27-41(28-24-37)47(42-29-25-38(26-30-42)36-15-6-2-7-16-36)43-31-33-44(34-32-43)48(40-19-8-3-9-20-40)46-22-12-18-39-17-10-11-21-45(39)46;1-4-12-35(13-5-1)38-20-25-42(26-21-38)47(43-27-22-39(23-28-43)36-14-6-2-7-15-36)44-30-32-45(33-31-44)48(41-18-8-3-9-19-41)46-29-24-37-16-10-11-17-40(37)34-46/h1-38H;2*1-34H. The van der Waals surface area contributed by atoms with E-state index in [0.717, 1.165) is 102 Å². The van der Waals surface area contributed by atoms with Crippen LogP contribution in [0.5, 0.6) is 0 Å². The summed E-state index contributed by atoms with van der Waals surface area (Å²) in [5, 5.41) is 7.31. The Morgan fingerprint density at radius 1 is 0.0800 bits per heavy atom. The van der Waals surface area contributed by atoms with Gasteiger partial charge in [0.1, 0.15) is 0 Å². The van der Waals surface area contributed by atoms with Crippen LogP contribution in [0, 0.1) is 0 Å². The minimum Gasteiger partial charge on any atom is -0.311 e. The van der Waals surface area contributed by atoms with Gasteiger partial charge in [0.2, 0.25) is 0 Å². The quantitative estimate of drug-likeness (QED) is 0.0564. The van der Waals surface area contributed by atoms with Crippen LogP contribution >= 0.6 is 0 Å². The van der Waals surface area contributed by atoms with Crippen LogP contribution in [0.25, 0.3) is 110 Å². The van der Waals surface area contributed by atoms with Gasteiger partial charge in [0.15, 0.2) is 0 Å². The maximum Gasteiger partial charge on any atom is 0.0540 e. The summed E-state index contributed by atoms with van der Waals surface area (Å²) in [5.74, 6) is 0. The molecule has 0 heterocycles. The molecule has 0 spiro atoms. The van der Waals surface area contributed by atoms with Crippen LogP contribution in [0.1, 0.15) is 0 Å². The molecule has 150 heavy (non-hydrogen) atoms. The number of hydrogen-bond donors (Lipinski definition) is 0. The average Bonchev–Trinajstić information content (AvgIpc) is 0.778. The van der Waals surface area contributed by atoms with Crippen LogP contribution in [0.3, 0.4) is 0 Å². The van der Waals surface area contributed by atoms with Gasteiger partial charge in [0.05, 0.1) is 11.4 Å². The summed E-state index contributed by atoms with van der Waals surface area (Å²) >= 11 is 0. The monoisotopic (exact) mass is 1920 g/mol. The van der Waals surface area contributed by atoms with Gasteiger partial charge in [-0.1, -0.05) is 437 Å². The van der Waals surface area contributed by atoms with Crippen molar-refractivity contribution in [3.63, 3.8) is 0 Å². The van der Waals surface area contributed by atoms with Crippen LogP contribution in [0.2, 0.25) is 0 Å². The predicted octanol–water partition coefficient (Wildman–Crippen LogP) is 41.0. The third-order valence-corrected chi connectivity index (χ3v) is 27.8. The second kappa shape index (κ2) is 44.5. The van der Waals surface area contributed by atoms with Gasteiger partial charge in [-0.25, -0.2) is 0 Å². The number of anilines is 18. The highest BCUT2D eigenvalue weighted by Gasteiger charge is 2.24. The van der Waals surface area contributed by atoms with Crippen LogP contribution < -0.4 is 29.4 Å². The molecule has 25 aromatic carbocycles. The molecule has 0 amide bonds. The molecule has 0 saturated heterocycles. The highest BCUT2D eigenvalue weighted by molar-refractivity contribution is 6.02. The third kappa shape index (κ3) is 21.0. The van der Waals surface area contributed by atoms with E-state index in [1.165, 1.54) is 110 Å². The van der Waals surface area contributed by atoms with E-state index in [2.05, 4.69) is 672 Å². The fourth-order valence-electron chi connectivity index (χ4n) is 20.2. The SMILES string of the molecule is c1ccc(-c2ccc(-c3ccc(N(c4ccc(-c5ccccc5)cc4)c4ccc(N(c5ccccc5)c5cccc6ccccc56)cc4)cc3)cc2)cc1.c1ccc(-c2ccc(N(c3ccc(-c4ccccc4)cc3)c3ccc(N(c4ccccc4)c4ccc5ccccc5c4)cc3)cc2)cc1.c1ccc(-c2ccc(N(c3ccc(-c4ccccc4)cc3)c3ccc(N(c4ccccc4)c4cccc5ccccc45)cc3)cc2)cc1. The van der Waals surface area contributed by atoms with Crippen molar-refractivity contribution in [2.24, 2.45) is 0 Å². The molecule has 0 aromatic heterocycles. The first-order chi connectivity index (χ1) is 74.4. The third-order valence-electron chi connectivity index (χ3n) is 27.8. The highest BCUT2D eigenvalue weighted by atomic mass is 15.2. The van der Waals surface area contributed by atoms with Gasteiger partial charge in [-0.05, 0) is 306 Å². The zero-order valence-corrected chi connectivity index (χ0v) is 82.9. The van der Waals surface area contributed by atoms with E-state index in [4.69, 9.17) is 0 Å². The van der Waals surface area contributed by atoms with Gasteiger partial charge in [-0.2, -0.15) is 0 Å². The molecule has 0 aliphatic rings. The van der Waals surface area contributed by atoms with Crippen molar-refractivity contribution in [3.05, 3.63) is 643 Å². The van der Waals surface area contributed by atoms with E-state index >= 15 is 0 Å². The lowest BCUT2D eigenvalue weighted by Gasteiger charge is -2.29. The number of benzene rings is 25. The molecule has 0 atom stereocenters. The molecule has 25 rings (SSSR count). The molecule has 6 heteroatoms. The van der Waals surface area contributed by atoms with Crippen molar-refractivity contribution in [2.75, 3.05) is 29.4 Å². The Morgan fingerprint density at radius 2 is 0.227 bits per heavy atom. The summed E-state index contributed by atoms with van der Waals surface area (Å²) in [7, 11) is 0. The van der Waals surface area contributed by atoms with Gasteiger partial charge < -0.3 is 29.4 Å². The van der Waals surface area contributed by atoms with E-state index in [0.29, 0.717) is 0 Å². The maximum atomic E-state index is 2.35. The Morgan fingerprint density at radius 3 is 0.467 bits per heavy atom. The summed E-state index contributed by atoms with van der Waals surface area (Å²) in [6.45, 7) is 0. The summed E-state index contributed by atoms with van der Waals surface area (Å²) in [6.07, 6.45) is 0. The number of fused-ring (bicyclic) bond motifs is 3. The summed E-state index contributed by atoms with van der Waals surface area (Å²) in [6, 6.07) is 229. The van der Waals surface area contributed by atoms with Crippen LogP contribution in [-0.2, 0) is 0 Å². The molecule has 6 nitrogen and oxygen atoms in total.